The molecule has 1 aliphatic carbocycles. The van der Waals surface area contributed by atoms with E-state index in [9.17, 15) is 17.6 Å². The van der Waals surface area contributed by atoms with Gasteiger partial charge in [-0.1, -0.05) is 97.1 Å². The van der Waals surface area contributed by atoms with Crippen LogP contribution in [0.2, 0.25) is 0 Å². The summed E-state index contributed by atoms with van der Waals surface area (Å²) in [6, 6.07) is 55.4. The highest BCUT2D eigenvalue weighted by Crippen LogP contribution is 2.57. The van der Waals surface area contributed by atoms with Crippen LogP contribution in [0.4, 0.5) is 17.6 Å². The zero-order valence-corrected chi connectivity index (χ0v) is 28.3. The van der Waals surface area contributed by atoms with Crippen molar-refractivity contribution in [1.82, 2.24) is 0 Å². The lowest BCUT2D eigenvalue weighted by molar-refractivity contribution is 0.627. The van der Waals surface area contributed by atoms with Crippen molar-refractivity contribution in [2.24, 2.45) is 0 Å². The molecular formula is C49H30F4. The van der Waals surface area contributed by atoms with Crippen LogP contribution in [0.5, 0.6) is 0 Å². The van der Waals surface area contributed by atoms with E-state index in [0.29, 0.717) is 0 Å². The van der Waals surface area contributed by atoms with Gasteiger partial charge in [0.15, 0.2) is 0 Å². The first-order valence-electron chi connectivity index (χ1n) is 17.4. The van der Waals surface area contributed by atoms with E-state index in [-0.39, 0.29) is 23.3 Å². The molecule has 1 aliphatic rings. The SMILES string of the molecule is Fc1ccc(-c2cc(-c3ccc(F)cc3)cc(C3(c4cc(-c5ccc(F)cc5)cc(-c5ccc(F)cc5)c4)c4ccccc4-c4ccccc43)c2)cc1. The Kier molecular flexibility index (Phi) is 7.89. The zero-order valence-electron chi connectivity index (χ0n) is 28.3. The minimum atomic E-state index is -0.886. The Bertz CT molecular complexity index is 2310. The van der Waals surface area contributed by atoms with Crippen molar-refractivity contribution in [1.29, 1.82) is 0 Å². The Morgan fingerprint density at radius 3 is 0.811 bits per heavy atom. The molecule has 9 rings (SSSR count). The molecule has 8 aromatic carbocycles. The summed E-state index contributed by atoms with van der Waals surface area (Å²) in [5, 5.41) is 0. The number of rotatable bonds is 6. The molecule has 0 aromatic heterocycles. The molecule has 53 heavy (non-hydrogen) atoms. The highest BCUT2D eigenvalue weighted by molar-refractivity contribution is 5.89. The van der Waals surface area contributed by atoms with Crippen LogP contribution in [-0.2, 0) is 5.41 Å². The van der Waals surface area contributed by atoms with Gasteiger partial charge in [-0.3, -0.25) is 0 Å². The van der Waals surface area contributed by atoms with Crippen molar-refractivity contribution in [2.45, 2.75) is 5.41 Å². The fraction of sp³-hybridized carbons (Fsp3) is 0.0204. The lowest BCUT2D eigenvalue weighted by Crippen LogP contribution is -2.29. The molecule has 0 spiro atoms. The van der Waals surface area contributed by atoms with Crippen LogP contribution in [0.25, 0.3) is 55.6 Å². The fourth-order valence-electron chi connectivity index (χ4n) is 7.95. The molecule has 0 heterocycles. The minimum absolute atomic E-state index is 0.329. The first-order valence-corrected chi connectivity index (χ1v) is 17.4. The van der Waals surface area contributed by atoms with Crippen LogP contribution in [0, 0.1) is 23.3 Å². The van der Waals surface area contributed by atoms with Gasteiger partial charge in [-0.05, 0) is 163 Å². The van der Waals surface area contributed by atoms with Gasteiger partial charge in [0.25, 0.3) is 0 Å². The molecule has 0 atom stereocenters. The fourth-order valence-corrected chi connectivity index (χ4v) is 7.95. The number of hydrogen-bond acceptors (Lipinski definition) is 0. The second kappa shape index (κ2) is 12.9. The normalized spacial score (nSPS) is 12.7. The van der Waals surface area contributed by atoms with Gasteiger partial charge in [0, 0.05) is 0 Å². The summed E-state index contributed by atoms with van der Waals surface area (Å²) in [6.07, 6.45) is 0. The van der Waals surface area contributed by atoms with E-state index >= 15 is 0 Å². The van der Waals surface area contributed by atoms with Gasteiger partial charge < -0.3 is 0 Å². The molecule has 254 valence electrons. The van der Waals surface area contributed by atoms with Crippen LogP contribution < -0.4 is 0 Å². The minimum Gasteiger partial charge on any atom is -0.207 e. The quantitative estimate of drug-likeness (QED) is 0.152. The second-order valence-corrected chi connectivity index (χ2v) is 13.5. The van der Waals surface area contributed by atoms with Gasteiger partial charge in [-0.15, -0.1) is 0 Å². The van der Waals surface area contributed by atoms with Crippen LogP contribution in [0.15, 0.2) is 182 Å². The standard InChI is InChI=1S/C49H30F4/c50-41-17-9-31(10-18-41)35-25-36(32-11-19-42(51)20-12-32)28-39(27-35)49(47-7-3-1-5-45(47)46-6-2-4-8-48(46)49)40-29-37(33-13-21-43(52)22-14-33)26-38(30-40)34-15-23-44(53)24-16-34/h1-30H. The summed E-state index contributed by atoms with van der Waals surface area (Å²) in [7, 11) is 0. The molecule has 0 unspecified atom stereocenters. The highest BCUT2D eigenvalue weighted by Gasteiger charge is 2.46. The largest absolute Gasteiger partial charge is 0.207 e. The highest BCUT2D eigenvalue weighted by atomic mass is 19.1. The molecule has 0 N–H and O–H groups in total. The van der Waals surface area contributed by atoms with Gasteiger partial charge >= 0.3 is 0 Å². The third-order valence-corrected chi connectivity index (χ3v) is 10.4. The smallest absolute Gasteiger partial charge is 0.123 e. The third-order valence-electron chi connectivity index (χ3n) is 10.4. The Morgan fingerprint density at radius 2 is 0.528 bits per heavy atom. The Morgan fingerprint density at radius 1 is 0.264 bits per heavy atom. The summed E-state index contributed by atoms with van der Waals surface area (Å²) in [5.41, 5.74) is 12.2. The Labute approximate surface area is 305 Å². The Hall–Kier alpha value is -6.52. The maximum atomic E-state index is 14.2. The van der Waals surface area contributed by atoms with E-state index < -0.39 is 5.41 Å². The maximum absolute atomic E-state index is 14.2. The van der Waals surface area contributed by atoms with Crippen molar-refractivity contribution >= 4 is 0 Å². The predicted octanol–water partition coefficient (Wildman–Crippen LogP) is 13.3. The summed E-state index contributed by atoms with van der Waals surface area (Å²) >= 11 is 0. The van der Waals surface area contributed by atoms with Gasteiger partial charge in [-0.25, -0.2) is 17.6 Å². The summed E-state index contributed by atoms with van der Waals surface area (Å²) in [5.74, 6) is -1.32. The van der Waals surface area contributed by atoms with Gasteiger partial charge in [0.1, 0.15) is 23.3 Å². The topological polar surface area (TPSA) is 0 Å². The maximum Gasteiger partial charge on any atom is 0.123 e. The van der Waals surface area contributed by atoms with E-state index in [1.807, 2.05) is 12.1 Å². The number of benzene rings is 8. The number of hydrogen-bond donors (Lipinski definition) is 0. The molecule has 0 saturated carbocycles. The number of fused-ring (bicyclic) bond motifs is 3. The average molecular weight is 695 g/mol. The molecule has 0 saturated heterocycles. The first-order chi connectivity index (χ1) is 25.9. The van der Waals surface area contributed by atoms with Crippen LogP contribution >= 0.6 is 0 Å². The summed E-state index contributed by atoms with van der Waals surface area (Å²) in [6.45, 7) is 0. The van der Waals surface area contributed by atoms with Crippen molar-refractivity contribution < 1.29 is 17.6 Å². The molecular weight excluding hydrogens is 665 g/mol. The van der Waals surface area contributed by atoms with Gasteiger partial charge in [-0.2, -0.15) is 0 Å². The molecule has 0 fully saturated rings. The van der Waals surface area contributed by atoms with Crippen molar-refractivity contribution in [3.8, 4) is 55.6 Å². The molecule has 0 amide bonds. The lowest BCUT2D eigenvalue weighted by atomic mass is 9.66. The van der Waals surface area contributed by atoms with Gasteiger partial charge in [0.2, 0.25) is 0 Å². The second-order valence-electron chi connectivity index (χ2n) is 13.5. The van der Waals surface area contributed by atoms with E-state index in [1.165, 1.54) is 48.5 Å². The van der Waals surface area contributed by atoms with Crippen molar-refractivity contribution in [3.63, 3.8) is 0 Å². The molecule has 8 aromatic rings. The molecule has 4 heteroatoms. The van der Waals surface area contributed by atoms with Crippen LogP contribution in [0.1, 0.15) is 22.3 Å². The van der Waals surface area contributed by atoms with Crippen LogP contribution in [-0.4, -0.2) is 0 Å². The third kappa shape index (κ3) is 5.64. The number of halogens is 4. The van der Waals surface area contributed by atoms with Crippen LogP contribution in [0.3, 0.4) is 0 Å². The van der Waals surface area contributed by atoms with Gasteiger partial charge in [0.05, 0.1) is 5.41 Å². The molecule has 0 radical (unpaired) electrons. The first kappa shape index (κ1) is 32.4. The monoisotopic (exact) mass is 694 g/mol. The summed E-state index contributed by atoms with van der Waals surface area (Å²) in [4.78, 5) is 0. The average Bonchev–Trinajstić information content (AvgIpc) is 3.50. The van der Waals surface area contributed by atoms with Crippen molar-refractivity contribution in [2.75, 3.05) is 0 Å². The molecule has 0 nitrogen and oxygen atoms in total. The summed E-state index contributed by atoms with van der Waals surface area (Å²) < 4.78 is 57.0. The van der Waals surface area contributed by atoms with Crippen molar-refractivity contribution in [3.05, 3.63) is 228 Å². The lowest BCUT2D eigenvalue weighted by Gasteiger charge is -2.35. The molecule has 0 bridgehead atoms. The molecule has 0 aliphatic heterocycles. The Balaban J connectivity index is 1.42. The van der Waals surface area contributed by atoms with E-state index in [0.717, 1.165) is 77.9 Å². The van der Waals surface area contributed by atoms with E-state index in [2.05, 4.69) is 72.8 Å². The van der Waals surface area contributed by atoms with E-state index in [1.54, 1.807) is 48.5 Å². The van der Waals surface area contributed by atoms with E-state index in [4.69, 9.17) is 0 Å². The predicted molar refractivity (Wildman–Crippen MR) is 205 cm³/mol. The zero-order chi connectivity index (χ0) is 36.1.